The molecule has 1 N–H and O–H groups in total. The smallest absolute Gasteiger partial charge is 0.264 e. The van der Waals surface area contributed by atoms with Gasteiger partial charge in [-0.05, 0) is 13.8 Å². The van der Waals surface area contributed by atoms with Crippen LogP contribution >= 0.6 is 0 Å². The first kappa shape index (κ1) is 16.6. The fraction of sp³-hybridized carbons (Fsp3) is 0.455. The standard InChI is InChI=1S/C7H8.C2H6O3S.C2H6/c1-7-5-3-2-4-6-7;1-2-6(3,4)5;1-2/h2-6H,1H3;2H2,1H3,(H,3,4,5);1-2H3. The van der Waals surface area contributed by atoms with Crippen LogP contribution in [-0.4, -0.2) is 18.7 Å². The zero-order chi connectivity index (χ0) is 12.3. The Morgan fingerprint density at radius 2 is 1.47 bits per heavy atom. The minimum atomic E-state index is -3.66. The molecule has 1 aromatic carbocycles. The molecule has 0 saturated heterocycles. The SMILES string of the molecule is CC.CCS(=O)(=O)O.Cc1ccccc1. The topological polar surface area (TPSA) is 54.4 Å². The Morgan fingerprint density at radius 1 is 1.13 bits per heavy atom. The second-order valence-corrected chi connectivity index (χ2v) is 4.27. The third-order valence-electron chi connectivity index (χ3n) is 1.31. The molecular formula is C11H20O3S. The van der Waals surface area contributed by atoms with Gasteiger partial charge >= 0.3 is 0 Å². The number of aryl methyl sites for hydroxylation is 1. The van der Waals surface area contributed by atoms with Gasteiger partial charge in [0, 0.05) is 0 Å². The molecule has 0 spiro atoms. The van der Waals surface area contributed by atoms with Crippen molar-refractivity contribution in [3.63, 3.8) is 0 Å². The van der Waals surface area contributed by atoms with E-state index in [-0.39, 0.29) is 5.75 Å². The monoisotopic (exact) mass is 232 g/mol. The summed E-state index contributed by atoms with van der Waals surface area (Å²) < 4.78 is 26.9. The van der Waals surface area contributed by atoms with Crippen molar-refractivity contribution >= 4 is 10.1 Å². The van der Waals surface area contributed by atoms with Crippen molar-refractivity contribution in [2.45, 2.75) is 27.7 Å². The third-order valence-corrected chi connectivity index (χ3v) is 2.03. The Bertz CT molecular complexity index is 317. The molecule has 4 heteroatoms. The van der Waals surface area contributed by atoms with E-state index >= 15 is 0 Å². The van der Waals surface area contributed by atoms with E-state index in [1.807, 2.05) is 32.0 Å². The number of benzene rings is 1. The first-order valence-corrected chi connectivity index (χ1v) is 6.53. The maximum Gasteiger partial charge on any atom is 0.264 e. The van der Waals surface area contributed by atoms with Crippen molar-refractivity contribution in [2.75, 3.05) is 5.75 Å². The number of hydrogen-bond acceptors (Lipinski definition) is 2. The normalized spacial score (nSPS) is 9.13. The number of hydrogen-bond donors (Lipinski definition) is 1. The van der Waals surface area contributed by atoms with Gasteiger partial charge in [-0.15, -0.1) is 0 Å². The average molecular weight is 232 g/mol. The van der Waals surface area contributed by atoms with Gasteiger partial charge in [0.15, 0.2) is 0 Å². The molecule has 0 atom stereocenters. The first-order chi connectivity index (χ1) is 6.95. The summed E-state index contributed by atoms with van der Waals surface area (Å²) in [6.07, 6.45) is 0. The Morgan fingerprint density at radius 3 is 1.60 bits per heavy atom. The van der Waals surface area contributed by atoms with E-state index in [4.69, 9.17) is 4.55 Å². The van der Waals surface area contributed by atoms with Crippen LogP contribution in [0.15, 0.2) is 30.3 Å². The lowest BCUT2D eigenvalue weighted by atomic mass is 10.2. The van der Waals surface area contributed by atoms with E-state index in [1.54, 1.807) is 0 Å². The van der Waals surface area contributed by atoms with Crippen LogP contribution in [0.2, 0.25) is 0 Å². The minimum Gasteiger partial charge on any atom is -0.286 e. The van der Waals surface area contributed by atoms with Gasteiger partial charge in [0.05, 0.1) is 5.75 Å². The first-order valence-electron chi connectivity index (χ1n) is 4.92. The molecule has 0 aromatic heterocycles. The number of rotatable bonds is 1. The van der Waals surface area contributed by atoms with Crippen LogP contribution in [0.1, 0.15) is 26.3 Å². The fourth-order valence-corrected chi connectivity index (χ4v) is 0.534. The van der Waals surface area contributed by atoms with Crippen LogP contribution in [0, 0.1) is 6.92 Å². The van der Waals surface area contributed by atoms with Crippen molar-refractivity contribution in [1.82, 2.24) is 0 Å². The minimum absolute atomic E-state index is 0.201. The highest BCUT2D eigenvalue weighted by atomic mass is 32.2. The van der Waals surface area contributed by atoms with Crippen LogP contribution in [0.4, 0.5) is 0 Å². The Hall–Kier alpha value is -0.870. The summed E-state index contributed by atoms with van der Waals surface area (Å²) in [5.41, 5.74) is 1.32. The molecule has 0 amide bonds. The molecular weight excluding hydrogens is 212 g/mol. The Labute approximate surface area is 92.9 Å². The molecule has 15 heavy (non-hydrogen) atoms. The summed E-state index contributed by atoms with van der Waals surface area (Å²) in [6, 6.07) is 10.3. The van der Waals surface area contributed by atoms with E-state index in [0.717, 1.165) is 0 Å². The highest BCUT2D eigenvalue weighted by Gasteiger charge is 1.93. The van der Waals surface area contributed by atoms with Gasteiger partial charge in [-0.2, -0.15) is 8.42 Å². The molecule has 0 aliphatic rings. The summed E-state index contributed by atoms with van der Waals surface area (Å²) in [7, 11) is -3.66. The molecule has 1 aromatic rings. The van der Waals surface area contributed by atoms with Crippen molar-refractivity contribution < 1.29 is 13.0 Å². The van der Waals surface area contributed by atoms with E-state index in [0.29, 0.717) is 0 Å². The highest BCUT2D eigenvalue weighted by Crippen LogP contribution is 1.92. The van der Waals surface area contributed by atoms with Gasteiger partial charge in [-0.25, -0.2) is 0 Å². The fourth-order valence-electron chi connectivity index (χ4n) is 0.534. The Balaban J connectivity index is 0. The lowest BCUT2D eigenvalue weighted by Crippen LogP contribution is -1.97. The predicted molar refractivity (Wildman–Crippen MR) is 64.6 cm³/mol. The largest absolute Gasteiger partial charge is 0.286 e. The van der Waals surface area contributed by atoms with Gasteiger partial charge in [-0.3, -0.25) is 4.55 Å². The second kappa shape index (κ2) is 9.68. The maximum atomic E-state index is 9.56. The molecule has 0 aliphatic heterocycles. The lowest BCUT2D eigenvalue weighted by molar-refractivity contribution is 0.484. The molecule has 3 nitrogen and oxygen atoms in total. The summed E-state index contributed by atoms with van der Waals surface area (Å²) in [6.45, 7) is 7.45. The van der Waals surface area contributed by atoms with E-state index in [9.17, 15) is 8.42 Å². The third kappa shape index (κ3) is 15.9. The van der Waals surface area contributed by atoms with Crippen molar-refractivity contribution in [3.05, 3.63) is 35.9 Å². The summed E-state index contributed by atoms with van der Waals surface area (Å²) in [5.74, 6) is -0.201. The van der Waals surface area contributed by atoms with Crippen LogP contribution in [-0.2, 0) is 10.1 Å². The van der Waals surface area contributed by atoms with Crippen molar-refractivity contribution in [1.29, 1.82) is 0 Å². The van der Waals surface area contributed by atoms with Gasteiger partial charge in [0.2, 0.25) is 0 Å². The molecule has 0 radical (unpaired) electrons. The molecule has 0 saturated carbocycles. The van der Waals surface area contributed by atoms with Crippen LogP contribution in [0.25, 0.3) is 0 Å². The quantitative estimate of drug-likeness (QED) is 0.757. The lowest BCUT2D eigenvalue weighted by Gasteiger charge is -1.82. The zero-order valence-corrected chi connectivity index (χ0v) is 10.6. The summed E-state index contributed by atoms with van der Waals surface area (Å²) in [4.78, 5) is 0. The van der Waals surface area contributed by atoms with Gasteiger partial charge in [-0.1, -0.05) is 49.7 Å². The predicted octanol–water partition coefficient (Wildman–Crippen LogP) is 2.92. The molecule has 0 aliphatic carbocycles. The summed E-state index contributed by atoms with van der Waals surface area (Å²) >= 11 is 0. The van der Waals surface area contributed by atoms with Gasteiger partial charge in [0.1, 0.15) is 0 Å². The molecule has 0 bridgehead atoms. The highest BCUT2D eigenvalue weighted by molar-refractivity contribution is 7.85. The molecule has 0 fully saturated rings. The van der Waals surface area contributed by atoms with Crippen LogP contribution in [0.3, 0.4) is 0 Å². The van der Waals surface area contributed by atoms with E-state index < -0.39 is 10.1 Å². The van der Waals surface area contributed by atoms with Gasteiger partial charge in [0.25, 0.3) is 10.1 Å². The van der Waals surface area contributed by atoms with Crippen LogP contribution < -0.4 is 0 Å². The maximum absolute atomic E-state index is 9.56. The molecule has 0 heterocycles. The van der Waals surface area contributed by atoms with E-state index in [1.165, 1.54) is 12.5 Å². The zero-order valence-electron chi connectivity index (χ0n) is 9.77. The van der Waals surface area contributed by atoms with Crippen molar-refractivity contribution in [2.24, 2.45) is 0 Å². The van der Waals surface area contributed by atoms with Crippen molar-refractivity contribution in [3.8, 4) is 0 Å². The summed E-state index contributed by atoms with van der Waals surface area (Å²) in [5, 5.41) is 0. The second-order valence-electron chi connectivity index (χ2n) is 2.53. The van der Waals surface area contributed by atoms with Crippen LogP contribution in [0.5, 0.6) is 0 Å². The molecule has 0 unspecified atom stereocenters. The molecule has 1 rings (SSSR count). The van der Waals surface area contributed by atoms with Gasteiger partial charge < -0.3 is 0 Å². The Kier molecular flexibility index (Phi) is 10.7. The molecule has 88 valence electrons. The average Bonchev–Trinajstić information content (AvgIpc) is 2.22. The van der Waals surface area contributed by atoms with E-state index in [2.05, 4.69) is 19.1 Å².